The molecule has 0 aromatic heterocycles. The van der Waals surface area contributed by atoms with Gasteiger partial charge < -0.3 is 9.84 Å². The molecule has 0 fully saturated rings. The van der Waals surface area contributed by atoms with Gasteiger partial charge in [0.25, 0.3) is 0 Å². The summed E-state index contributed by atoms with van der Waals surface area (Å²) in [6.07, 6.45) is 0. The van der Waals surface area contributed by atoms with E-state index in [1.807, 2.05) is 23.1 Å². The summed E-state index contributed by atoms with van der Waals surface area (Å²) in [7, 11) is 0. The van der Waals surface area contributed by atoms with Gasteiger partial charge in [-0.2, -0.15) is 0 Å². The van der Waals surface area contributed by atoms with E-state index >= 15 is 0 Å². The highest BCUT2D eigenvalue weighted by Gasteiger charge is 2.24. The molecule has 5 heteroatoms. The SMILES string of the molecule is CC(C(=O)O)N1CCOc2ccc(Br)cc2C1. The Labute approximate surface area is 108 Å². The maximum atomic E-state index is 11.0. The number of rotatable bonds is 2. The monoisotopic (exact) mass is 299 g/mol. The summed E-state index contributed by atoms with van der Waals surface area (Å²) >= 11 is 3.41. The second-order valence-electron chi connectivity index (χ2n) is 4.09. The van der Waals surface area contributed by atoms with Crippen LogP contribution in [0.2, 0.25) is 0 Å². The number of fused-ring (bicyclic) bond motifs is 1. The van der Waals surface area contributed by atoms with Crippen molar-refractivity contribution in [2.45, 2.75) is 19.5 Å². The number of halogens is 1. The molecule has 1 aromatic rings. The van der Waals surface area contributed by atoms with Crippen molar-refractivity contribution < 1.29 is 14.6 Å². The van der Waals surface area contributed by atoms with E-state index in [1.54, 1.807) is 6.92 Å². The molecule has 1 aliphatic heterocycles. The Morgan fingerprint density at radius 1 is 1.59 bits per heavy atom. The van der Waals surface area contributed by atoms with Crippen LogP contribution in [-0.2, 0) is 11.3 Å². The molecule has 0 saturated carbocycles. The number of hydrogen-bond donors (Lipinski definition) is 1. The summed E-state index contributed by atoms with van der Waals surface area (Å²) < 4.78 is 6.58. The number of carboxylic acid groups (broad SMARTS) is 1. The summed E-state index contributed by atoms with van der Waals surface area (Å²) in [5, 5.41) is 9.04. The van der Waals surface area contributed by atoms with Gasteiger partial charge in [-0.1, -0.05) is 15.9 Å². The van der Waals surface area contributed by atoms with Crippen LogP contribution in [0.25, 0.3) is 0 Å². The van der Waals surface area contributed by atoms with Crippen LogP contribution >= 0.6 is 15.9 Å². The van der Waals surface area contributed by atoms with Crippen molar-refractivity contribution in [2.24, 2.45) is 0 Å². The number of aliphatic carboxylic acids is 1. The zero-order valence-electron chi connectivity index (χ0n) is 9.52. The highest BCUT2D eigenvalue weighted by atomic mass is 79.9. The first-order valence-electron chi connectivity index (χ1n) is 5.46. The molecule has 0 bridgehead atoms. The van der Waals surface area contributed by atoms with Gasteiger partial charge in [0.2, 0.25) is 0 Å². The predicted octanol–water partition coefficient (Wildman–Crippen LogP) is 2.12. The quantitative estimate of drug-likeness (QED) is 0.909. The largest absolute Gasteiger partial charge is 0.492 e. The second kappa shape index (κ2) is 5.06. The summed E-state index contributed by atoms with van der Waals surface area (Å²) in [4.78, 5) is 12.9. The molecule has 0 radical (unpaired) electrons. The maximum Gasteiger partial charge on any atom is 0.320 e. The summed E-state index contributed by atoms with van der Waals surface area (Å²) in [6.45, 7) is 3.44. The van der Waals surface area contributed by atoms with Crippen LogP contribution in [0.1, 0.15) is 12.5 Å². The number of hydrogen-bond acceptors (Lipinski definition) is 3. The van der Waals surface area contributed by atoms with E-state index in [2.05, 4.69) is 15.9 Å². The van der Waals surface area contributed by atoms with Crippen LogP contribution in [0.3, 0.4) is 0 Å². The summed E-state index contributed by atoms with van der Waals surface area (Å²) in [6, 6.07) is 5.31. The fourth-order valence-electron chi connectivity index (χ4n) is 1.87. The molecule has 92 valence electrons. The fraction of sp³-hybridized carbons (Fsp3) is 0.417. The van der Waals surface area contributed by atoms with Crippen molar-refractivity contribution in [1.82, 2.24) is 4.90 Å². The van der Waals surface area contributed by atoms with Gasteiger partial charge in [0.1, 0.15) is 18.4 Å². The smallest absolute Gasteiger partial charge is 0.320 e. The average molecular weight is 300 g/mol. The minimum Gasteiger partial charge on any atom is -0.492 e. The van der Waals surface area contributed by atoms with Crippen molar-refractivity contribution >= 4 is 21.9 Å². The molecule has 1 atom stereocenters. The molecule has 1 N–H and O–H groups in total. The molecule has 0 aliphatic carbocycles. The van der Waals surface area contributed by atoms with Crippen LogP contribution in [0.5, 0.6) is 5.75 Å². The molecule has 0 spiro atoms. The van der Waals surface area contributed by atoms with Gasteiger partial charge in [0, 0.05) is 23.1 Å². The van der Waals surface area contributed by atoms with Gasteiger partial charge in [-0.3, -0.25) is 9.69 Å². The van der Waals surface area contributed by atoms with Crippen LogP contribution in [-0.4, -0.2) is 35.2 Å². The van der Waals surface area contributed by atoms with E-state index in [4.69, 9.17) is 9.84 Å². The lowest BCUT2D eigenvalue weighted by Crippen LogP contribution is -2.39. The van der Waals surface area contributed by atoms with Crippen LogP contribution in [0.4, 0.5) is 0 Å². The van der Waals surface area contributed by atoms with Crippen LogP contribution in [0.15, 0.2) is 22.7 Å². The van der Waals surface area contributed by atoms with E-state index in [1.165, 1.54) is 0 Å². The number of ether oxygens (including phenoxy) is 1. The lowest BCUT2D eigenvalue weighted by atomic mass is 10.1. The molecular formula is C12H14BrNO3. The van der Waals surface area contributed by atoms with E-state index in [-0.39, 0.29) is 0 Å². The van der Waals surface area contributed by atoms with Crippen molar-refractivity contribution in [3.8, 4) is 5.75 Å². The van der Waals surface area contributed by atoms with Crippen LogP contribution < -0.4 is 4.74 Å². The topological polar surface area (TPSA) is 49.8 Å². The van der Waals surface area contributed by atoms with E-state index in [0.29, 0.717) is 19.7 Å². The second-order valence-corrected chi connectivity index (χ2v) is 5.00. The molecule has 2 rings (SSSR count). The van der Waals surface area contributed by atoms with Gasteiger partial charge in [0.05, 0.1) is 0 Å². The number of nitrogens with zero attached hydrogens (tertiary/aromatic N) is 1. The van der Waals surface area contributed by atoms with Crippen molar-refractivity contribution in [1.29, 1.82) is 0 Å². The maximum absolute atomic E-state index is 11.0. The van der Waals surface area contributed by atoms with Gasteiger partial charge in [0.15, 0.2) is 0 Å². The zero-order valence-corrected chi connectivity index (χ0v) is 11.1. The Hall–Kier alpha value is -1.07. The van der Waals surface area contributed by atoms with E-state index < -0.39 is 12.0 Å². The normalized spacial score (nSPS) is 17.8. The highest BCUT2D eigenvalue weighted by molar-refractivity contribution is 9.10. The minimum absolute atomic E-state index is 0.497. The zero-order chi connectivity index (χ0) is 12.4. The summed E-state index contributed by atoms with van der Waals surface area (Å²) in [5.74, 6) is 0.0386. The first-order chi connectivity index (χ1) is 8.08. The third kappa shape index (κ3) is 2.79. The van der Waals surface area contributed by atoms with Crippen LogP contribution in [0, 0.1) is 0 Å². The fourth-order valence-corrected chi connectivity index (χ4v) is 2.28. The molecule has 1 aromatic carbocycles. The Balaban J connectivity index is 2.24. The first-order valence-corrected chi connectivity index (χ1v) is 6.25. The molecule has 0 saturated heterocycles. The Morgan fingerprint density at radius 3 is 3.06 bits per heavy atom. The molecule has 0 amide bonds. The van der Waals surface area contributed by atoms with Crippen molar-refractivity contribution in [2.75, 3.05) is 13.2 Å². The molecule has 1 heterocycles. The predicted molar refractivity (Wildman–Crippen MR) is 67.1 cm³/mol. The molecular weight excluding hydrogens is 286 g/mol. The Bertz CT molecular complexity index is 436. The standard InChI is InChI=1S/C12H14BrNO3/c1-8(12(15)16)14-4-5-17-11-3-2-10(13)6-9(11)7-14/h2-3,6,8H,4-5,7H2,1H3,(H,15,16). The lowest BCUT2D eigenvalue weighted by Gasteiger charge is -2.23. The van der Waals surface area contributed by atoms with Gasteiger partial charge in [-0.05, 0) is 25.1 Å². The summed E-state index contributed by atoms with van der Waals surface area (Å²) in [5.41, 5.74) is 1.02. The highest BCUT2D eigenvalue weighted by Crippen LogP contribution is 2.27. The minimum atomic E-state index is -0.802. The van der Waals surface area contributed by atoms with E-state index in [0.717, 1.165) is 15.8 Å². The molecule has 1 aliphatic rings. The third-order valence-electron chi connectivity index (χ3n) is 2.94. The molecule has 4 nitrogen and oxygen atoms in total. The number of carboxylic acids is 1. The number of carbonyl (C=O) groups is 1. The van der Waals surface area contributed by atoms with Gasteiger partial charge >= 0.3 is 5.97 Å². The first kappa shape index (κ1) is 12.4. The van der Waals surface area contributed by atoms with Crippen molar-refractivity contribution in [3.05, 3.63) is 28.2 Å². The molecule has 17 heavy (non-hydrogen) atoms. The average Bonchev–Trinajstić information content (AvgIpc) is 2.49. The Kier molecular flexibility index (Phi) is 3.69. The lowest BCUT2D eigenvalue weighted by molar-refractivity contribution is -0.142. The van der Waals surface area contributed by atoms with Gasteiger partial charge in [-0.15, -0.1) is 0 Å². The number of benzene rings is 1. The van der Waals surface area contributed by atoms with Gasteiger partial charge in [-0.25, -0.2) is 0 Å². The van der Waals surface area contributed by atoms with E-state index in [9.17, 15) is 4.79 Å². The van der Waals surface area contributed by atoms with Crippen molar-refractivity contribution in [3.63, 3.8) is 0 Å². The Morgan fingerprint density at radius 2 is 2.35 bits per heavy atom. The third-order valence-corrected chi connectivity index (χ3v) is 3.43. The molecule has 1 unspecified atom stereocenters.